The highest BCUT2D eigenvalue weighted by Crippen LogP contribution is 2.38. The number of anilines is 4. The van der Waals surface area contributed by atoms with Crippen molar-refractivity contribution in [3.63, 3.8) is 0 Å². The van der Waals surface area contributed by atoms with Crippen LogP contribution in [0.3, 0.4) is 0 Å². The second-order valence-corrected chi connectivity index (χ2v) is 13.1. The molecule has 1 aromatic heterocycles. The van der Waals surface area contributed by atoms with E-state index in [2.05, 4.69) is 54.9 Å². The lowest BCUT2D eigenvalue weighted by molar-refractivity contribution is -0.117. The largest absolute Gasteiger partial charge is 0.444 e. The number of carbonyl (C=O) groups excluding carboxylic acids is 2. The minimum atomic E-state index is -0.741. The van der Waals surface area contributed by atoms with Crippen LogP contribution >= 0.6 is 11.6 Å². The summed E-state index contributed by atoms with van der Waals surface area (Å²) in [6.45, 7) is 10.5. The minimum Gasteiger partial charge on any atom is -0.444 e. The molecule has 44 heavy (non-hydrogen) atoms. The molecule has 3 aliphatic rings. The van der Waals surface area contributed by atoms with Crippen molar-refractivity contribution in [2.75, 3.05) is 61.4 Å². The molecule has 3 fully saturated rings. The molecule has 0 spiro atoms. The lowest BCUT2D eigenvalue weighted by atomic mass is 10.1. The Hall–Kier alpha value is -4.08. The zero-order valence-corrected chi connectivity index (χ0v) is 26.4. The Kier molecular flexibility index (Phi) is 9.18. The predicted octanol–water partition coefficient (Wildman–Crippen LogP) is 3.83. The quantitative estimate of drug-likeness (QED) is 0.294. The zero-order chi connectivity index (χ0) is 31.5. The van der Waals surface area contributed by atoms with Gasteiger partial charge in [-0.3, -0.25) is 4.79 Å². The van der Waals surface area contributed by atoms with Crippen LogP contribution in [0.2, 0.25) is 5.02 Å². The summed E-state index contributed by atoms with van der Waals surface area (Å²) in [5.74, 6) is 0.517. The summed E-state index contributed by atoms with van der Waals surface area (Å²) >= 11 is 6.50. The number of ether oxygens (including phenoxy) is 1. The van der Waals surface area contributed by atoms with Crippen molar-refractivity contribution in [3.05, 3.63) is 47.1 Å². The minimum absolute atomic E-state index is 0.0396. The molecular formula is C31H40ClN9O3. The number of hydrogen-bond acceptors (Lipinski definition) is 10. The molecule has 0 radical (unpaired) electrons. The van der Waals surface area contributed by atoms with Crippen LogP contribution in [0.5, 0.6) is 0 Å². The Balaban J connectivity index is 1.17. The molecule has 0 unspecified atom stereocenters. The van der Waals surface area contributed by atoms with Gasteiger partial charge in [0, 0.05) is 56.7 Å². The Morgan fingerprint density at radius 3 is 2.45 bits per heavy atom. The van der Waals surface area contributed by atoms with Crippen molar-refractivity contribution >= 4 is 46.7 Å². The molecule has 3 heterocycles. The Labute approximate surface area is 263 Å². The number of nitrogens with zero attached hydrogens (tertiary/aromatic N) is 6. The van der Waals surface area contributed by atoms with Gasteiger partial charge in [0.05, 0.1) is 11.7 Å². The number of nitriles is 1. The number of nitrogens with one attached hydrogen (secondary N) is 3. The summed E-state index contributed by atoms with van der Waals surface area (Å²) in [6.07, 6.45) is 4.45. The van der Waals surface area contributed by atoms with E-state index >= 15 is 0 Å². The highest BCUT2D eigenvalue weighted by Gasteiger charge is 2.44. The third kappa shape index (κ3) is 8.09. The molecule has 3 N–H and O–H groups in total. The summed E-state index contributed by atoms with van der Waals surface area (Å²) in [6, 6.07) is 10.0. The summed E-state index contributed by atoms with van der Waals surface area (Å²) in [5, 5.41) is 19.1. The maximum atomic E-state index is 13.0. The molecule has 2 aromatic rings. The Morgan fingerprint density at radius 1 is 1.11 bits per heavy atom. The van der Waals surface area contributed by atoms with Crippen LogP contribution in [0.4, 0.5) is 27.9 Å². The van der Waals surface area contributed by atoms with Gasteiger partial charge in [0.15, 0.2) is 5.82 Å². The number of piperazine rings is 1. The van der Waals surface area contributed by atoms with Gasteiger partial charge in [-0.15, -0.1) is 0 Å². The lowest BCUT2D eigenvalue weighted by Crippen LogP contribution is -2.44. The number of aromatic nitrogens is 2. The van der Waals surface area contributed by atoms with E-state index in [1.165, 1.54) is 11.8 Å². The molecule has 1 aromatic carbocycles. The number of hydrogen-bond donors (Lipinski definition) is 3. The van der Waals surface area contributed by atoms with Gasteiger partial charge in [-0.05, 0) is 77.4 Å². The van der Waals surface area contributed by atoms with Crippen molar-refractivity contribution < 1.29 is 14.3 Å². The van der Waals surface area contributed by atoms with E-state index in [1.807, 2.05) is 23.1 Å². The van der Waals surface area contributed by atoms with Crippen LogP contribution in [-0.4, -0.2) is 90.4 Å². The molecule has 2 amide bonds. The van der Waals surface area contributed by atoms with E-state index in [4.69, 9.17) is 16.3 Å². The second kappa shape index (κ2) is 12.9. The van der Waals surface area contributed by atoms with Crippen molar-refractivity contribution in [1.29, 1.82) is 5.26 Å². The average Bonchev–Trinajstić information content (AvgIpc) is 3.56. The fourth-order valence-corrected chi connectivity index (χ4v) is 5.51. The SMILES string of the molecule is CN1CCN(c2ccc(Nc3ncc(Cl)c(N4CC[C@@H](NC(=O)/C(C#N)=C/C5(NC(=O)OC(C)(C)C)CC5)C4)n3)cc2)CC1. The standard InChI is InChI=1S/C31H40ClN9O3/c1-30(2,3)44-29(43)38-31(10-11-31)17-21(18-33)27(42)35-23-9-12-41(20-23)26-25(32)19-34-28(37-26)36-22-5-7-24(8-6-22)40-15-13-39(4)14-16-40/h5-8,17,19,23H,9-16,20H2,1-4H3,(H,35,42)(H,38,43)(H,34,36,37)/b21-17+/t23-/m1/s1. The second-order valence-electron chi connectivity index (χ2n) is 12.7. The summed E-state index contributed by atoms with van der Waals surface area (Å²) in [4.78, 5) is 41.0. The molecule has 1 atom stereocenters. The Bertz CT molecular complexity index is 1440. The average molecular weight is 622 g/mol. The molecule has 234 valence electrons. The van der Waals surface area contributed by atoms with Gasteiger partial charge in [-0.25, -0.2) is 9.78 Å². The van der Waals surface area contributed by atoms with Crippen LogP contribution in [0.25, 0.3) is 0 Å². The first-order valence-electron chi connectivity index (χ1n) is 14.9. The molecule has 5 rings (SSSR count). The normalized spacial score (nSPS) is 20.1. The molecular weight excluding hydrogens is 582 g/mol. The van der Waals surface area contributed by atoms with E-state index < -0.39 is 23.1 Å². The monoisotopic (exact) mass is 621 g/mol. The number of likely N-dealkylation sites (N-methyl/N-ethyl adjacent to an activating group) is 1. The number of alkyl carbamates (subject to hydrolysis) is 1. The van der Waals surface area contributed by atoms with Gasteiger partial charge in [0.2, 0.25) is 5.95 Å². The zero-order valence-electron chi connectivity index (χ0n) is 25.7. The first kappa shape index (κ1) is 31.3. The fraction of sp³-hybridized carbons (Fsp3) is 0.516. The fourth-order valence-electron chi connectivity index (χ4n) is 5.29. The van der Waals surface area contributed by atoms with Crippen molar-refractivity contribution in [2.24, 2.45) is 0 Å². The Morgan fingerprint density at radius 2 is 1.82 bits per heavy atom. The molecule has 12 nitrogen and oxygen atoms in total. The lowest BCUT2D eigenvalue weighted by Gasteiger charge is -2.34. The first-order chi connectivity index (χ1) is 20.9. The van der Waals surface area contributed by atoms with Crippen LogP contribution in [0.15, 0.2) is 42.1 Å². The van der Waals surface area contributed by atoms with Gasteiger partial charge in [-0.1, -0.05) is 11.6 Å². The van der Waals surface area contributed by atoms with Gasteiger partial charge in [0.1, 0.15) is 22.3 Å². The summed E-state index contributed by atoms with van der Waals surface area (Å²) in [7, 11) is 2.14. The van der Waals surface area contributed by atoms with Gasteiger partial charge in [0.25, 0.3) is 5.91 Å². The number of rotatable bonds is 8. The van der Waals surface area contributed by atoms with Crippen molar-refractivity contribution in [2.45, 2.75) is 57.2 Å². The van der Waals surface area contributed by atoms with Crippen molar-refractivity contribution in [3.8, 4) is 6.07 Å². The number of halogens is 1. The molecule has 1 saturated carbocycles. The topological polar surface area (TPSA) is 139 Å². The first-order valence-corrected chi connectivity index (χ1v) is 15.3. The van der Waals surface area contributed by atoms with Crippen LogP contribution in [0.1, 0.15) is 40.0 Å². The predicted molar refractivity (Wildman–Crippen MR) is 170 cm³/mol. The van der Waals surface area contributed by atoms with Gasteiger partial charge >= 0.3 is 6.09 Å². The van der Waals surface area contributed by atoms with Crippen LogP contribution in [-0.2, 0) is 9.53 Å². The van der Waals surface area contributed by atoms with E-state index in [0.29, 0.717) is 49.1 Å². The number of benzene rings is 1. The van der Waals surface area contributed by atoms with E-state index in [9.17, 15) is 14.9 Å². The molecule has 2 saturated heterocycles. The number of amides is 2. The van der Waals surface area contributed by atoms with Gasteiger partial charge < -0.3 is 35.4 Å². The number of carbonyl (C=O) groups is 2. The van der Waals surface area contributed by atoms with E-state index in [-0.39, 0.29) is 11.6 Å². The summed E-state index contributed by atoms with van der Waals surface area (Å²) < 4.78 is 5.34. The molecule has 1 aliphatic carbocycles. The smallest absolute Gasteiger partial charge is 0.408 e. The maximum Gasteiger partial charge on any atom is 0.408 e. The third-order valence-corrected chi connectivity index (χ3v) is 8.13. The molecule has 2 aliphatic heterocycles. The summed E-state index contributed by atoms with van der Waals surface area (Å²) in [5.41, 5.74) is 0.630. The van der Waals surface area contributed by atoms with Crippen molar-refractivity contribution in [1.82, 2.24) is 25.5 Å². The third-order valence-electron chi connectivity index (χ3n) is 7.86. The van der Waals surface area contributed by atoms with E-state index in [0.717, 1.165) is 31.9 Å². The highest BCUT2D eigenvalue weighted by molar-refractivity contribution is 6.32. The highest BCUT2D eigenvalue weighted by atomic mass is 35.5. The molecule has 0 bridgehead atoms. The molecule has 13 heteroatoms. The maximum absolute atomic E-state index is 13.0. The van der Waals surface area contributed by atoms with Gasteiger partial charge in [-0.2, -0.15) is 10.2 Å². The van der Waals surface area contributed by atoms with Crippen LogP contribution < -0.4 is 25.8 Å². The van der Waals surface area contributed by atoms with E-state index in [1.54, 1.807) is 27.0 Å². The van der Waals surface area contributed by atoms with Crippen LogP contribution in [0, 0.1) is 11.3 Å².